The van der Waals surface area contributed by atoms with Crippen molar-refractivity contribution in [2.45, 2.75) is 6.92 Å². The molecule has 0 spiro atoms. The molecule has 0 unspecified atom stereocenters. The van der Waals surface area contributed by atoms with E-state index in [0.717, 1.165) is 0 Å². The number of benzene rings is 1. The number of ether oxygens (including phenoxy) is 1. The second-order valence-electron chi connectivity index (χ2n) is 4.81. The number of likely N-dealkylation sites (N-methyl/N-ethyl adjacent to an activating group) is 1. The van der Waals surface area contributed by atoms with Gasteiger partial charge in [-0.05, 0) is 45.3 Å². The van der Waals surface area contributed by atoms with Crippen LogP contribution in [0.3, 0.4) is 0 Å². The van der Waals surface area contributed by atoms with Crippen LogP contribution in [0.2, 0.25) is 0 Å². The van der Waals surface area contributed by atoms with Crippen molar-refractivity contribution >= 4 is 23.5 Å². The first-order valence-electron chi connectivity index (χ1n) is 6.95. The third-order valence-corrected chi connectivity index (χ3v) is 2.70. The Balaban J connectivity index is 2.50. The Morgan fingerprint density at radius 3 is 2.27 bits per heavy atom. The number of nitrogens with zero attached hydrogens (tertiary/aromatic N) is 1. The molecule has 1 aromatic carbocycles. The van der Waals surface area contributed by atoms with Crippen LogP contribution in [-0.4, -0.2) is 56.5 Å². The minimum absolute atomic E-state index is 0.296. The van der Waals surface area contributed by atoms with E-state index in [2.05, 4.69) is 10.6 Å². The van der Waals surface area contributed by atoms with Crippen LogP contribution in [0.5, 0.6) is 0 Å². The van der Waals surface area contributed by atoms with E-state index in [9.17, 15) is 14.4 Å². The highest BCUT2D eigenvalue weighted by atomic mass is 16.5. The molecule has 2 amide bonds. The first-order valence-corrected chi connectivity index (χ1v) is 6.95. The van der Waals surface area contributed by atoms with Gasteiger partial charge in [0.1, 0.15) is 0 Å². The molecule has 2 N–H and O–H groups in total. The van der Waals surface area contributed by atoms with Gasteiger partial charge >= 0.3 is 17.8 Å². The summed E-state index contributed by atoms with van der Waals surface area (Å²) in [5, 5.41) is 4.97. The number of amides is 2. The van der Waals surface area contributed by atoms with E-state index in [4.69, 9.17) is 4.74 Å². The molecule has 0 radical (unpaired) electrons. The fraction of sp³-hybridized carbons (Fsp3) is 0.400. The predicted molar refractivity (Wildman–Crippen MR) is 82.6 cm³/mol. The molecule has 0 fully saturated rings. The summed E-state index contributed by atoms with van der Waals surface area (Å²) < 4.78 is 4.86. The summed E-state index contributed by atoms with van der Waals surface area (Å²) in [4.78, 5) is 36.6. The minimum atomic E-state index is -0.748. The maximum atomic E-state index is 11.7. The van der Waals surface area contributed by atoms with E-state index in [-0.39, 0.29) is 0 Å². The zero-order chi connectivity index (χ0) is 16.5. The summed E-state index contributed by atoms with van der Waals surface area (Å²) in [6.07, 6.45) is 0. The first-order chi connectivity index (χ1) is 10.4. The van der Waals surface area contributed by atoms with Gasteiger partial charge in [0.2, 0.25) is 0 Å². The Morgan fingerprint density at radius 2 is 1.73 bits per heavy atom. The maximum absolute atomic E-state index is 11.7. The van der Waals surface area contributed by atoms with Crippen molar-refractivity contribution in [1.82, 2.24) is 10.2 Å². The third-order valence-electron chi connectivity index (χ3n) is 2.70. The number of anilines is 1. The highest BCUT2D eigenvalue weighted by Gasteiger charge is 2.13. The highest BCUT2D eigenvalue weighted by molar-refractivity contribution is 6.39. The Labute approximate surface area is 129 Å². The molecular formula is C15H21N3O4. The van der Waals surface area contributed by atoms with Crippen LogP contribution in [0.4, 0.5) is 5.69 Å². The lowest BCUT2D eigenvalue weighted by Crippen LogP contribution is -2.38. The maximum Gasteiger partial charge on any atom is 0.338 e. The van der Waals surface area contributed by atoms with Gasteiger partial charge < -0.3 is 20.3 Å². The average molecular weight is 307 g/mol. The lowest BCUT2D eigenvalue weighted by atomic mass is 10.2. The van der Waals surface area contributed by atoms with Crippen LogP contribution in [0.15, 0.2) is 24.3 Å². The van der Waals surface area contributed by atoms with Gasteiger partial charge in [-0.2, -0.15) is 0 Å². The number of carbonyl (C=O) groups excluding carboxylic acids is 3. The lowest BCUT2D eigenvalue weighted by molar-refractivity contribution is -0.136. The van der Waals surface area contributed by atoms with E-state index < -0.39 is 17.8 Å². The number of hydrogen-bond donors (Lipinski definition) is 2. The normalized spacial score (nSPS) is 10.2. The summed E-state index contributed by atoms with van der Waals surface area (Å²) in [5.41, 5.74) is 0.816. The Bertz CT molecular complexity index is 526. The topological polar surface area (TPSA) is 87.7 Å². The predicted octanol–water partition coefficient (Wildman–Crippen LogP) is 0.480. The number of hydrogen-bond acceptors (Lipinski definition) is 5. The molecule has 7 nitrogen and oxygen atoms in total. The summed E-state index contributed by atoms with van der Waals surface area (Å²) in [6.45, 7) is 3.06. The molecule has 1 rings (SSSR count). The zero-order valence-corrected chi connectivity index (χ0v) is 13.0. The van der Waals surface area contributed by atoms with E-state index >= 15 is 0 Å². The fourth-order valence-corrected chi connectivity index (χ4v) is 1.57. The van der Waals surface area contributed by atoms with Gasteiger partial charge in [-0.25, -0.2) is 4.79 Å². The number of carbonyl (C=O) groups is 3. The van der Waals surface area contributed by atoms with Crippen molar-refractivity contribution in [1.29, 1.82) is 0 Å². The first kappa shape index (κ1) is 17.6. The van der Waals surface area contributed by atoms with Crippen LogP contribution in [0, 0.1) is 0 Å². The third kappa shape index (κ3) is 5.92. The molecule has 0 aliphatic rings. The van der Waals surface area contributed by atoms with Crippen molar-refractivity contribution < 1.29 is 19.1 Å². The fourth-order valence-electron chi connectivity index (χ4n) is 1.57. The number of esters is 1. The van der Waals surface area contributed by atoms with Gasteiger partial charge in [0.05, 0.1) is 12.2 Å². The quantitative estimate of drug-likeness (QED) is 0.589. The van der Waals surface area contributed by atoms with Crippen LogP contribution in [-0.2, 0) is 14.3 Å². The van der Waals surface area contributed by atoms with Crippen molar-refractivity contribution in [3.05, 3.63) is 29.8 Å². The monoisotopic (exact) mass is 307 g/mol. The molecule has 0 atom stereocenters. The van der Waals surface area contributed by atoms with Crippen LogP contribution in [0.1, 0.15) is 17.3 Å². The van der Waals surface area contributed by atoms with E-state index in [1.54, 1.807) is 6.92 Å². The summed E-state index contributed by atoms with van der Waals surface area (Å²) in [5.74, 6) is -1.87. The van der Waals surface area contributed by atoms with Gasteiger partial charge in [-0.3, -0.25) is 9.59 Å². The van der Waals surface area contributed by atoms with Gasteiger partial charge in [0, 0.05) is 18.8 Å². The Morgan fingerprint density at radius 1 is 1.09 bits per heavy atom. The van der Waals surface area contributed by atoms with Crippen molar-refractivity contribution in [3.63, 3.8) is 0 Å². The Hall–Kier alpha value is -2.41. The van der Waals surface area contributed by atoms with E-state index in [1.165, 1.54) is 24.3 Å². The van der Waals surface area contributed by atoms with Gasteiger partial charge in [0.15, 0.2) is 0 Å². The largest absolute Gasteiger partial charge is 0.462 e. The summed E-state index contributed by atoms with van der Waals surface area (Å²) in [6, 6.07) is 6.13. The van der Waals surface area contributed by atoms with Crippen molar-refractivity contribution in [3.8, 4) is 0 Å². The van der Waals surface area contributed by atoms with Crippen molar-refractivity contribution in [2.75, 3.05) is 39.1 Å². The Kier molecular flexibility index (Phi) is 7.04. The molecule has 1 aromatic rings. The molecule has 0 aliphatic carbocycles. The standard InChI is InChI=1S/C15H21N3O4/c1-4-22-15(21)11-5-7-12(8-6-11)17-14(20)13(19)16-9-10-18(2)3/h5-8H,4,9-10H2,1-3H3,(H,16,19)(H,17,20). The molecule has 0 aliphatic heterocycles. The van der Waals surface area contributed by atoms with E-state index in [0.29, 0.717) is 30.9 Å². The molecule has 0 saturated heterocycles. The van der Waals surface area contributed by atoms with Gasteiger partial charge in [-0.15, -0.1) is 0 Å². The smallest absolute Gasteiger partial charge is 0.338 e. The molecule has 120 valence electrons. The molecular weight excluding hydrogens is 286 g/mol. The minimum Gasteiger partial charge on any atom is -0.462 e. The molecule has 0 bridgehead atoms. The van der Waals surface area contributed by atoms with Crippen LogP contribution >= 0.6 is 0 Å². The highest BCUT2D eigenvalue weighted by Crippen LogP contribution is 2.10. The van der Waals surface area contributed by atoms with E-state index in [1.807, 2.05) is 19.0 Å². The zero-order valence-electron chi connectivity index (χ0n) is 13.0. The number of rotatable bonds is 6. The second kappa shape index (κ2) is 8.78. The average Bonchev–Trinajstić information content (AvgIpc) is 2.47. The van der Waals surface area contributed by atoms with Gasteiger partial charge in [0.25, 0.3) is 0 Å². The lowest BCUT2D eigenvalue weighted by Gasteiger charge is -2.10. The molecule has 22 heavy (non-hydrogen) atoms. The SMILES string of the molecule is CCOC(=O)c1ccc(NC(=O)C(=O)NCCN(C)C)cc1. The number of nitrogens with one attached hydrogen (secondary N) is 2. The van der Waals surface area contributed by atoms with Crippen LogP contribution in [0.25, 0.3) is 0 Å². The molecule has 0 aromatic heterocycles. The molecule has 0 heterocycles. The van der Waals surface area contributed by atoms with Crippen molar-refractivity contribution in [2.24, 2.45) is 0 Å². The van der Waals surface area contributed by atoms with Gasteiger partial charge in [-0.1, -0.05) is 0 Å². The summed E-state index contributed by atoms with van der Waals surface area (Å²) in [7, 11) is 3.74. The molecule has 0 saturated carbocycles. The molecule has 7 heteroatoms. The summed E-state index contributed by atoms with van der Waals surface area (Å²) >= 11 is 0. The van der Waals surface area contributed by atoms with Crippen LogP contribution < -0.4 is 10.6 Å². The second-order valence-corrected chi connectivity index (χ2v) is 4.81.